The molecule has 1 aliphatic rings. The molecule has 0 saturated carbocycles. The van der Waals surface area contributed by atoms with Crippen molar-refractivity contribution in [1.29, 1.82) is 0 Å². The molecule has 1 amide bonds. The quantitative estimate of drug-likeness (QED) is 0.633. The average Bonchev–Trinajstić information content (AvgIpc) is 2.68. The van der Waals surface area contributed by atoms with Crippen LogP contribution in [0.2, 0.25) is 0 Å². The predicted octanol–water partition coefficient (Wildman–Crippen LogP) is 1.65. The molecule has 0 spiro atoms. The summed E-state index contributed by atoms with van der Waals surface area (Å²) in [4.78, 5) is 20.6. The highest BCUT2D eigenvalue weighted by Gasteiger charge is 2.31. The third-order valence-electron chi connectivity index (χ3n) is 2.29. The molecule has 1 atom stereocenters. The van der Waals surface area contributed by atoms with Crippen molar-refractivity contribution in [2.24, 2.45) is 0 Å². The van der Waals surface area contributed by atoms with Crippen LogP contribution < -0.4 is 5.32 Å². The van der Waals surface area contributed by atoms with E-state index in [1.807, 2.05) is 0 Å². The highest BCUT2D eigenvalue weighted by atomic mass is 19.2. The minimum Gasteiger partial charge on any atom is -0.439 e. The molecule has 0 radical (unpaired) electrons. The molecular weight excluding hydrogens is 238 g/mol. The Morgan fingerprint density at radius 3 is 2.59 bits per heavy atom. The van der Waals surface area contributed by atoms with E-state index in [0.717, 1.165) is 0 Å². The van der Waals surface area contributed by atoms with Gasteiger partial charge in [0, 0.05) is 0 Å². The van der Waals surface area contributed by atoms with E-state index in [4.69, 9.17) is 0 Å². The van der Waals surface area contributed by atoms with Gasteiger partial charge in [0.05, 0.1) is 23.1 Å². The fraction of sp³-hybridized carbons (Fsp3) is 0.222. The summed E-state index contributed by atoms with van der Waals surface area (Å²) in [6, 6.07) is 1.13. The van der Waals surface area contributed by atoms with Crippen LogP contribution in [0.3, 0.4) is 0 Å². The molecule has 1 N–H and O–H groups in total. The third kappa shape index (κ3) is 2.01. The second kappa shape index (κ2) is 3.96. The standard InChI is InChI=1S/C9H6F2N2O4/c10-5-1-4(8-3-12-9(14)17-8)7(13(15)16)2-6(5)11/h1-2,8H,3H2,(H,12,14). The number of rotatable bonds is 2. The zero-order valence-corrected chi connectivity index (χ0v) is 8.28. The molecule has 6 nitrogen and oxygen atoms in total. The van der Waals surface area contributed by atoms with E-state index < -0.39 is 34.4 Å². The summed E-state index contributed by atoms with van der Waals surface area (Å²) >= 11 is 0. The summed E-state index contributed by atoms with van der Waals surface area (Å²) < 4.78 is 30.6. The van der Waals surface area contributed by atoms with Gasteiger partial charge in [0.1, 0.15) is 0 Å². The normalized spacial score (nSPS) is 18.7. The Bertz CT molecular complexity index is 506. The lowest BCUT2D eigenvalue weighted by molar-refractivity contribution is -0.386. The van der Waals surface area contributed by atoms with Gasteiger partial charge in [-0.1, -0.05) is 0 Å². The highest BCUT2D eigenvalue weighted by Crippen LogP contribution is 2.31. The van der Waals surface area contributed by atoms with E-state index >= 15 is 0 Å². The van der Waals surface area contributed by atoms with Gasteiger partial charge in [-0.2, -0.15) is 0 Å². The van der Waals surface area contributed by atoms with E-state index in [9.17, 15) is 23.7 Å². The first-order valence-corrected chi connectivity index (χ1v) is 4.57. The fourth-order valence-electron chi connectivity index (χ4n) is 1.53. The lowest BCUT2D eigenvalue weighted by Crippen LogP contribution is -2.12. The maximum atomic E-state index is 13.0. The Morgan fingerprint density at radius 2 is 2.06 bits per heavy atom. The van der Waals surface area contributed by atoms with Crippen molar-refractivity contribution in [3.63, 3.8) is 0 Å². The Balaban J connectivity index is 2.47. The molecule has 90 valence electrons. The van der Waals surface area contributed by atoms with E-state index in [2.05, 4.69) is 10.1 Å². The van der Waals surface area contributed by atoms with Gasteiger partial charge in [-0.05, 0) is 6.07 Å². The molecule has 1 aromatic carbocycles. The molecule has 1 heterocycles. The molecule has 0 aliphatic carbocycles. The number of benzene rings is 1. The summed E-state index contributed by atoms with van der Waals surface area (Å²) in [5, 5.41) is 12.9. The van der Waals surface area contributed by atoms with Crippen molar-refractivity contribution < 1.29 is 23.2 Å². The second-order valence-electron chi connectivity index (χ2n) is 3.36. The Labute approximate surface area is 93.3 Å². The zero-order chi connectivity index (χ0) is 12.6. The molecule has 1 unspecified atom stereocenters. The monoisotopic (exact) mass is 244 g/mol. The number of nitro benzene ring substituents is 1. The van der Waals surface area contributed by atoms with Crippen LogP contribution in [0.4, 0.5) is 19.3 Å². The van der Waals surface area contributed by atoms with Crippen LogP contribution in [-0.4, -0.2) is 17.6 Å². The van der Waals surface area contributed by atoms with Crippen LogP contribution >= 0.6 is 0 Å². The van der Waals surface area contributed by atoms with E-state index in [1.165, 1.54) is 0 Å². The first-order valence-electron chi connectivity index (χ1n) is 4.57. The van der Waals surface area contributed by atoms with E-state index in [-0.39, 0.29) is 12.1 Å². The van der Waals surface area contributed by atoms with Crippen LogP contribution in [0.1, 0.15) is 11.7 Å². The molecule has 8 heteroatoms. The number of cyclic esters (lactones) is 1. The fourth-order valence-corrected chi connectivity index (χ4v) is 1.53. The summed E-state index contributed by atoms with van der Waals surface area (Å²) in [5.74, 6) is -2.55. The highest BCUT2D eigenvalue weighted by molar-refractivity contribution is 5.70. The molecular formula is C9H6F2N2O4. The average molecular weight is 244 g/mol. The number of halogens is 2. The topological polar surface area (TPSA) is 81.5 Å². The van der Waals surface area contributed by atoms with Crippen LogP contribution in [-0.2, 0) is 4.74 Å². The predicted molar refractivity (Wildman–Crippen MR) is 50.2 cm³/mol. The van der Waals surface area contributed by atoms with Crippen LogP contribution in [0.5, 0.6) is 0 Å². The molecule has 1 fully saturated rings. The molecule has 1 aromatic rings. The van der Waals surface area contributed by atoms with Crippen molar-refractivity contribution in [2.75, 3.05) is 6.54 Å². The number of carbonyl (C=O) groups excluding carboxylic acids is 1. The zero-order valence-electron chi connectivity index (χ0n) is 8.28. The molecule has 0 aromatic heterocycles. The summed E-state index contributed by atoms with van der Waals surface area (Å²) in [5.41, 5.74) is -0.794. The molecule has 17 heavy (non-hydrogen) atoms. The number of alkyl carbamates (subject to hydrolysis) is 1. The first kappa shape index (κ1) is 11.2. The van der Waals surface area contributed by atoms with Crippen molar-refractivity contribution in [2.45, 2.75) is 6.10 Å². The van der Waals surface area contributed by atoms with Gasteiger partial charge in [-0.25, -0.2) is 13.6 Å². The van der Waals surface area contributed by atoms with Gasteiger partial charge in [0.15, 0.2) is 17.7 Å². The summed E-state index contributed by atoms with van der Waals surface area (Å²) in [6.07, 6.45) is -1.74. The Kier molecular flexibility index (Phi) is 2.62. The first-order chi connectivity index (χ1) is 7.99. The number of ether oxygens (including phenoxy) is 1. The minimum absolute atomic E-state index is 0.0231. The summed E-state index contributed by atoms with van der Waals surface area (Å²) in [7, 11) is 0. The van der Waals surface area contributed by atoms with Gasteiger partial charge in [-0.3, -0.25) is 10.1 Å². The van der Waals surface area contributed by atoms with Crippen LogP contribution in [0.15, 0.2) is 12.1 Å². The molecule has 0 bridgehead atoms. The Hall–Kier alpha value is -2.25. The van der Waals surface area contributed by atoms with Gasteiger partial charge < -0.3 is 10.1 Å². The largest absolute Gasteiger partial charge is 0.439 e. The van der Waals surface area contributed by atoms with Crippen molar-refractivity contribution in [3.05, 3.63) is 39.4 Å². The van der Waals surface area contributed by atoms with Gasteiger partial charge in [-0.15, -0.1) is 0 Å². The number of nitrogens with one attached hydrogen (secondary N) is 1. The van der Waals surface area contributed by atoms with Gasteiger partial charge >= 0.3 is 6.09 Å². The second-order valence-corrected chi connectivity index (χ2v) is 3.36. The number of hydrogen-bond donors (Lipinski definition) is 1. The van der Waals surface area contributed by atoms with Crippen molar-refractivity contribution in [3.8, 4) is 0 Å². The summed E-state index contributed by atoms with van der Waals surface area (Å²) in [6.45, 7) is -0.0231. The van der Waals surface area contributed by atoms with Crippen LogP contribution in [0.25, 0.3) is 0 Å². The maximum absolute atomic E-state index is 13.0. The van der Waals surface area contributed by atoms with E-state index in [0.29, 0.717) is 12.1 Å². The molecule has 1 saturated heterocycles. The Morgan fingerprint density at radius 1 is 1.41 bits per heavy atom. The number of hydrogen-bond acceptors (Lipinski definition) is 4. The SMILES string of the molecule is O=C1NCC(c2cc(F)c(F)cc2[N+](=O)[O-])O1. The maximum Gasteiger partial charge on any atom is 0.407 e. The number of amides is 1. The third-order valence-corrected chi connectivity index (χ3v) is 2.29. The van der Waals surface area contributed by atoms with Gasteiger partial charge in [0.2, 0.25) is 0 Å². The van der Waals surface area contributed by atoms with Crippen molar-refractivity contribution >= 4 is 11.8 Å². The van der Waals surface area contributed by atoms with Crippen molar-refractivity contribution in [1.82, 2.24) is 5.32 Å². The van der Waals surface area contributed by atoms with Gasteiger partial charge in [0.25, 0.3) is 5.69 Å². The smallest absolute Gasteiger partial charge is 0.407 e. The van der Waals surface area contributed by atoms with Crippen LogP contribution in [0, 0.1) is 21.7 Å². The van der Waals surface area contributed by atoms with E-state index in [1.54, 1.807) is 0 Å². The molecule has 2 rings (SSSR count). The molecule has 1 aliphatic heterocycles. The lowest BCUT2D eigenvalue weighted by atomic mass is 10.1. The minimum atomic E-state index is -1.32. The number of nitrogens with zero attached hydrogens (tertiary/aromatic N) is 1. The number of nitro groups is 1. The lowest BCUT2D eigenvalue weighted by Gasteiger charge is -2.08. The number of carbonyl (C=O) groups is 1.